The summed E-state index contributed by atoms with van der Waals surface area (Å²) in [5.41, 5.74) is 9.79. The molecule has 53 heavy (non-hydrogen) atoms. The lowest BCUT2D eigenvalue weighted by molar-refractivity contribution is 0.304. The van der Waals surface area contributed by atoms with Crippen LogP contribution in [0.25, 0.3) is 10.8 Å². The second-order valence-corrected chi connectivity index (χ2v) is 14.3. The van der Waals surface area contributed by atoms with Crippen LogP contribution in [0.3, 0.4) is 0 Å². The highest BCUT2D eigenvalue weighted by Gasteiger charge is 2.09. The van der Waals surface area contributed by atoms with Gasteiger partial charge < -0.3 is 15.2 Å². The van der Waals surface area contributed by atoms with E-state index in [0.717, 1.165) is 65.4 Å². The second kappa shape index (κ2) is 25.7. The van der Waals surface area contributed by atoms with Crippen LogP contribution in [0, 0.1) is 0 Å². The average molecular weight is 720 g/mol. The molecule has 0 fully saturated rings. The molecule has 0 radical (unpaired) electrons. The molecule has 4 rings (SSSR count). The van der Waals surface area contributed by atoms with Crippen molar-refractivity contribution >= 4 is 39.2 Å². The monoisotopic (exact) mass is 720 g/mol. The third kappa shape index (κ3) is 16.1. The number of fused-ring (bicyclic) bond motifs is 1. The summed E-state index contributed by atoms with van der Waals surface area (Å²) in [5, 5.41) is 19.9. The van der Waals surface area contributed by atoms with E-state index in [2.05, 4.69) is 34.3 Å². The Morgan fingerprint density at radius 3 is 1.32 bits per heavy atom. The van der Waals surface area contributed by atoms with Gasteiger partial charge in [-0.25, -0.2) is 0 Å². The van der Waals surface area contributed by atoms with Gasteiger partial charge in [-0.15, -0.1) is 10.2 Å². The molecule has 4 aromatic carbocycles. The van der Waals surface area contributed by atoms with Gasteiger partial charge in [-0.05, 0) is 79.6 Å². The molecule has 0 heterocycles. The first-order valence-electron chi connectivity index (χ1n) is 20.8. The van der Waals surface area contributed by atoms with Crippen molar-refractivity contribution in [3.05, 3.63) is 78.9 Å². The Balaban J connectivity index is 1.20. The highest BCUT2D eigenvalue weighted by molar-refractivity contribution is 6.03. The molecule has 0 aromatic heterocycles. The zero-order chi connectivity index (χ0) is 37.2. The van der Waals surface area contributed by atoms with Crippen LogP contribution in [-0.2, 0) is 0 Å². The van der Waals surface area contributed by atoms with E-state index in [-0.39, 0.29) is 0 Å². The first-order chi connectivity index (χ1) is 26.2. The van der Waals surface area contributed by atoms with E-state index in [1.54, 1.807) is 0 Å². The van der Waals surface area contributed by atoms with Crippen molar-refractivity contribution in [3.8, 4) is 11.5 Å². The van der Waals surface area contributed by atoms with E-state index in [1.807, 2.05) is 78.9 Å². The molecular weight excluding hydrogens is 655 g/mol. The van der Waals surface area contributed by atoms with E-state index in [4.69, 9.17) is 15.2 Å². The summed E-state index contributed by atoms with van der Waals surface area (Å²) in [6.07, 6.45) is 26.3. The molecule has 7 nitrogen and oxygen atoms in total. The molecule has 4 aromatic rings. The van der Waals surface area contributed by atoms with Gasteiger partial charge >= 0.3 is 0 Å². The van der Waals surface area contributed by atoms with Gasteiger partial charge in [0.05, 0.1) is 36.0 Å². The lowest BCUT2D eigenvalue weighted by atomic mass is 10.1. The Hall–Kier alpha value is -4.26. The highest BCUT2D eigenvalue weighted by Crippen LogP contribution is 2.38. The van der Waals surface area contributed by atoms with Crippen molar-refractivity contribution in [1.82, 2.24) is 0 Å². The molecule has 0 aliphatic rings. The van der Waals surface area contributed by atoms with Gasteiger partial charge in [0.1, 0.15) is 17.2 Å². The summed E-state index contributed by atoms with van der Waals surface area (Å²) in [4.78, 5) is 0. The number of unbranched alkanes of at least 4 members (excludes halogenated alkanes) is 18. The number of nitrogen functional groups attached to an aromatic ring is 1. The van der Waals surface area contributed by atoms with E-state index < -0.39 is 0 Å². The fourth-order valence-corrected chi connectivity index (χ4v) is 6.54. The molecule has 2 N–H and O–H groups in total. The molecule has 7 heteroatoms. The largest absolute Gasteiger partial charge is 0.494 e. The van der Waals surface area contributed by atoms with Gasteiger partial charge in [0.25, 0.3) is 0 Å². The fourth-order valence-electron chi connectivity index (χ4n) is 6.54. The van der Waals surface area contributed by atoms with Crippen LogP contribution in [0.15, 0.2) is 99.3 Å². The van der Waals surface area contributed by atoms with Crippen molar-refractivity contribution in [1.29, 1.82) is 0 Å². The number of azo groups is 2. The van der Waals surface area contributed by atoms with E-state index in [0.29, 0.717) is 11.4 Å². The normalized spacial score (nSPS) is 11.7. The summed E-state index contributed by atoms with van der Waals surface area (Å²) >= 11 is 0. The van der Waals surface area contributed by atoms with Gasteiger partial charge in [-0.1, -0.05) is 142 Å². The van der Waals surface area contributed by atoms with Crippen LogP contribution in [0.5, 0.6) is 11.5 Å². The highest BCUT2D eigenvalue weighted by atomic mass is 16.5. The lowest BCUT2D eigenvalue weighted by Gasteiger charge is -2.08. The third-order valence-corrected chi connectivity index (χ3v) is 9.79. The molecule has 0 saturated carbocycles. The molecular formula is C46H65N5O2. The summed E-state index contributed by atoms with van der Waals surface area (Å²) in [7, 11) is 0. The van der Waals surface area contributed by atoms with Crippen LogP contribution in [-0.4, -0.2) is 13.2 Å². The molecule has 0 aliphatic heterocycles. The molecule has 0 aliphatic carbocycles. The number of hydrogen-bond donors (Lipinski definition) is 1. The Morgan fingerprint density at radius 1 is 0.415 bits per heavy atom. The number of nitrogens with zero attached hydrogens (tertiary/aromatic N) is 4. The maximum Gasteiger partial charge on any atom is 0.119 e. The maximum atomic E-state index is 6.38. The average Bonchev–Trinajstić information content (AvgIpc) is 3.18. The van der Waals surface area contributed by atoms with Gasteiger partial charge in [0.15, 0.2) is 0 Å². The van der Waals surface area contributed by atoms with E-state index in [9.17, 15) is 0 Å². The standard InChI is InChI=1S/C46H65N5O2/c1-3-5-7-9-11-13-15-17-19-21-36-52-40-30-26-38(27-31-40)48-50-45-25-23-24-43-42(45)34-35-44(47)46(43)51-49-39-28-32-41(33-29-39)53-37-22-20-18-16-14-12-10-8-6-4-2/h23-35H,3-22,36-37,47H2,1-2H3. The van der Waals surface area contributed by atoms with Crippen molar-refractivity contribution < 1.29 is 9.47 Å². The predicted molar refractivity (Wildman–Crippen MR) is 224 cm³/mol. The molecule has 286 valence electrons. The van der Waals surface area contributed by atoms with Crippen LogP contribution >= 0.6 is 0 Å². The summed E-state index contributed by atoms with van der Waals surface area (Å²) in [5.74, 6) is 1.72. The van der Waals surface area contributed by atoms with Crippen LogP contribution < -0.4 is 15.2 Å². The van der Waals surface area contributed by atoms with Crippen LogP contribution in [0.4, 0.5) is 28.4 Å². The predicted octanol–water partition coefficient (Wildman–Crippen LogP) is 15.9. The number of benzene rings is 4. The number of hydrogen-bond acceptors (Lipinski definition) is 7. The zero-order valence-corrected chi connectivity index (χ0v) is 32.7. The lowest BCUT2D eigenvalue weighted by Crippen LogP contribution is -1.96. The Morgan fingerprint density at radius 2 is 0.849 bits per heavy atom. The minimum Gasteiger partial charge on any atom is -0.494 e. The number of nitrogens with two attached hydrogens (primary N) is 1. The van der Waals surface area contributed by atoms with E-state index >= 15 is 0 Å². The van der Waals surface area contributed by atoms with Gasteiger partial charge in [-0.3, -0.25) is 0 Å². The molecule has 0 unspecified atom stereocenters. The molecule has 0 saturated heterocycles. The number of rotatable bonds is 28. The van der Waals surface area contributed by atoms with Gasteiger partial charge in [0, 0.05) is 10.8 Å². The third-order valence-electron chi connectivity index (χ3n) is 9.79. The van der Waals surface area contributed by atoms with Crippen molar-refractivity contribution in [3.63, 3.8) is 0 Å². The van der Waals surface area contributed by atoms with Gasteiger partial charge in [0.2, 0.25) is 0 Å². The fraction of sp³-hybridized carbons (Fsp3) is 0.522. The molecule has 0 bridgehead atoms. The zero-order valence-electron chi connectivity index (χ0n) is 32.7. The summed E-state index contributed by atoms with van der Waals surface area (Å²) in [6.45, 7) is 6.03. The first-order valence-corrected chi connectivity index (χ1v) is 20.8. The van der Waals surface area contributed by atoms with Crippen LogP contribution in [0.2, 0.25) is 0 Å². The first kappa shape index (κ1) is 41.5. The molecule has 0 atom stereocenters. The van der Waals surface area contributed by atoms with Gasteiger partial charge in [-0.2, -0.15) is 10.2 Å². The quantitative estimate of drug-likeness (QED) is 0.0360. The second-order valence-electron chi connectivity index (χ2n) is 14.3. The Kier molecular flexibility index (Phi) is 20.1. The topological polar surface area (TPSA) is 93.9 Å². The number of ether oxygens (including phenoxy) is 2. The van der Waals surface area contributed by atoms with Crippen molar-refractivity contribution in [2.24, 2.45) is 20.5 Å². The summed E-state index contributed by atoms with van der Waals surface area (Å²) < 4.78 is 11.9. The van der Waals surface area contributed by atoms with Crippen LogP contribution in [0.1, 0.15) is 142 Å². The minimum atomic E-state index is 0.556. The minimum absolute atomic E-state index is 0.556. The Bertz CT molecular complexity index is 1620. The Labute approximate surface area is 319 Å². The summed E-state index contributed by atoms with van der Waals surface area (Å²) in [6, 6.07) is 25.2. The molecule has 0 spiro atoms. The smallest absolute Gasteiger partial charge is 0.119 e. The molecule has 0 amide bonds. The number of anilines is 1. The van der Waals surface area contributed by atoms with Crippen molar-refractivity contribution in [2.75, 3.05) is 18.9 Å². The SMILES string of the molecule is CCCCCCCCCCCCOc1ccc(N=Nc2cccc3c(N=Nc4ccc(OCCCCCCCCCCCC)cc4)c(N)ccc23)cc1. The van der Waals surface area contributed by atoms with Crippen molar-refractivity contribution in [2.45, 2.75) is 142 Å². The van der Waals surface area contributed by atoms with E-state index in [1.165, 1.54) is 116 Å². The maximum absolute atomic E-state index is 6.38.